The number of quaternary nitrogens is 1. The summed E-state index contributed by atoms with van der Waals surface area (Å²) in [6, 6.07) is 14.4. The van der Waals surface area contributed by atoms with Gasteiger partial charge in [0, 0.05) is 13.0 Å². The van der Waals surface area contributed by atoms with Crippen LogP contribution in [-0.4, -0.2) is 43.6 Å². The molecule has 0 spiro atoms. The normalized spacial score (nSPS) is 15.5. The molecule has 1 aromatic heterocycles. The average molecular weight is 450 g/mol. The van der Waals surface area contributed by atoms with E-state index < -0.39 is 6.04 Å². The Morgan fingerprint density at radius 2 is 1.82 bits per heavy atom. The van der Waals surface area contributed by atoms with Crippen LogP contribution in [0.1, 0.15) is 61.3 Å². The number of hydrogen-bond donors (Lipinski definition) is 1. The van der Waals surface area contributed by atoms with Gasteiger partial charge in [0.1, 0.15) is 11.3 Å². The van der Waals surface area contributed by atoms with Crippen LogP contribution in [0.15, 0.2) is 57.7 Å². The molecule has 1 N–H and O–H groups in total. The predicted molar refractivity (Wildman–Crippen MR) is 129 cm³/mol. The summed E-state index contributed by atoms with van der Waals surface area (Å²) in [5, 5.41) is 0.502. The highest BCUT2D eigenvalue weighted by Crippen LogP contribution is 2.39. The van der Waals surface area contributed by atoms with E-state index in [1.807, 2.05) is 36.4 Å². The van der Waals surface area contributed by atoms with Crippen molar-refractivity contribution in [3.63, 3.8) is 0 Å². The van der Waals surface area contributed by atoms with Crippen LogP contribution < -0.4 is 15.1 Å². The van der Waals surface area contributed by atoms with E-state index in [1.165, 1.54) is 4.90 Å². The molecule has 6 heteroatoms. The van der Waals surface area contributed by atoms with Crippen LogP contribution in [-0.2, 0) is 0 Å². The van der Waals surface area contributed by atoms with Crippen molar-refractivity contribution in [1.82, 2.24) is 4.90 Å². The number of nitrogens with one attached hydrogen (secondary N) is 1. The lowest BCUT2D eigenvalue weighted by molar-refractivity contribution is -0.896. The first kappa shape index (κ1) is 23.1. The second kappa shape index (κ2) is 10.2. The molecule has 0 aliphatic carbocycles. The number of carbonyl (C=O) groups is 1. The molecule has 174 valence electrons. The van der Waals surface area contributed by atoms with Crippen molar-refractivity contribution in [2.75, 3.05) is 32.8 Å². The third kappa shape index (κ3) is 4.53. The van der Waals surface area contributed by atoms with Gasteiger partial charge in [-0.3, -0.25) is 9.59 Å². The second-order valence-corrected chi connectivity index (χ2v) is 8.55. The van der Waals surface area contributed by atoms with Crippen LogP contribution in [0.4, 0.5) is 0 Å². The van der Waals surface area contributed by atoms with Crippen LogP contribution in [0.5, 0.6) is 5.75 Å². The quantitative estimate of drug-likeness (QED) is 0.515. The van der Waals surface area contributed by atoms with Gasteiger partial charge in [-0.15, -0.1) is 0 Å². The molecule has 1 aliphatic rings. The molecule has 0 bridgehead atoms. The Morgan fingerprint density at radius 1 is 1.03 bits per heavy atom. The summed E-state index contributed by atoms with van der Waals surface area (Å²) in [5.41, 5.74) is 1.61. The van der Waals surface area contributed by atoms with Gasteiger partial charge in [0.15, 0.2) is 5.43 Å². The molecule has 0 saturated heterocycles. The van der Waals surface area contributed by atoms with Crippen LogP contribution in [0.2, 0.25) is 0 Å². The smallest absolute Gasteiger partial charge is 0.290 e. The molecule has 2 aromatic carbocycles. The Morgan fingerprint density at radius 3 is 2.58 bits per heavy atom. The molecule has 33 heavy (non-hydrogen) atoms. The van der Waals surface area contributed by atoms with E-state index in [4.69, 9.17) is 9.15 Å². The van der Waals surface area contributed by atoms with Crippen molar-refractivity contribution in [2.45, 2.75) is 39.7 Å². The number of carbonyl (C=O) groups excluding carboxylic acids is 1. The van der Waals surface area contributed by atoms with Gasteiger partial charge >= 0.3 is 0 Å². The Balaban J connectivity index is 1.77. The maximum Gasteiger partial charge on any atom is 0.290 e. The Labute approximate surface area is 194 Å². The zero-order valence-electron chi connectivity index (χ0n) is 19.7. The minimum Gasteiger partial charge on any atom is -0.494 e. The minimum atomic E-state index is -0.481. The zero-order chi connectivity index (χ0) is 23.4. The first-order valence-corrected chi connectivity index (χ1v) is 12.0. The van der Waals surface area contributed by atoms with Crippen molar-refractivity contribution in [3.05, 3.63) is 75.6 Å². The second-order valence-electron chi connectivity index (χ2n) is 8.55. The molecule has 0 fully saturated rings. The van der Waals surface area contributed by atoms with E-state index in [0.29, 0.717) is 29.7 Å². The molecule has 0 unspecified atom stereocenters. The lowest BCUT2D eigenvalue weighted by Gasteiger charge is -2.26. The lowest BCUT2D eigenvalue weighted by atomic mass is 9.98. The molecule has 4 rings (SSSR count). The molecule has 1 amide bonds. The number of amides is 1. The zero-order valence-corrected chi connectivity index (χ0v) is 19.7. The fourth-order valence-electron chi connectivity index (χ4n) is 4.64. The third-order valence-corrected chi connectivity index (χ3v) is 6.45. The van der Waals surface area contributed by atoms with Crippen LogP contribution >= 0.6 is 0 Å². The maximum absolute atomic E-state index is 13.6. The van der Waals surface area contributed by atoms with E-state index in [0.717, 1.165) is 43.8 Å². The summed E-state index contributed by atoms with van der Waals surface area (Å²) in [4.78, 5) is 30.3. The topological polar surface area (TPSA) is 64.2 Å². The van der Waals surface area contributed by atoms with E-state index >= 15 is 0 Å². The van der Waals surface area contributed by atoms with Crippen molar-refractivity contribution < 1.29 is 18.8 Å². The predicted octanol–water partition coefficient (Wildman–Crippen LogP) is 3.44. The van der Waals surface area contributed by atoms with Gasteiger partial charge in [0.2, 0.25) is 5.76 Å². The van der Waals surface area contributed by atoms with Gasteiger partial charge in [0.05, 0.1) is 43.2 Å². The first-order valence-electron chi connectivity index (χ1n) is 12.0. The van der Waals surface area contributed by atoms with Crippen LogP contribution in [0, 0.1) is 0 Å². The summed E-state index contributed by atoms with van der Waals surface area (Å²) >= 11 is 0. The monoisotopic (exact) mass is 449 g/mol. The van der Waals surface area contributed by atoms with Crippen molar-refractivity contribution >= 4 is 16.9 Å². The first-order chi connectivity index (χ1) is 16.1. The highest BCUT2D eigenvalue weighted by molar-refractivity contribution is 5.99. The van der Waals surface area contributed by atoms with Gasteiger partial charge in [-0.05, 0) is 50.1 Å². The van der Waals surface area contributed by atoms with E-state index in [1.54, 1.807) is 17.0 Å². The Hall–Kier alpha value is -3.12. The number of hydrogen-bond acceptors (Lipinski definition) is 4. The lowest BCUT2D eigenvalue weighted by Crippen LogP contribution is -3.11. The van der Waals surface area contributed by atoms with Crippen LogP contribution in [0.3, 0.4) is 0 Å². The maximum atomic E-state index is 13.6. The summed E-state index contributed by atoms with van der Waals surface area (Å²) in [6.07, 6.45) is 1.76. The summed E-state index contributed by atoms with van der Waals surface area (Å²) in [6.45, 7) is 10.7. The number of fused-ring (bicyclic) bond motifs is 2. The average Bonchev–Trinajstić information content (AvgIpc) is 3.12. The summed E-state index contributed by atoms with van der Waals surface area (Å²) < 4.78 is 11.9. The highest BCUT2D eigenvalue weighted by Gasteiger charge is 2.42. The summed E-state index contributed by atoms with van der Waals surface area (Å²) in [7, 11) is 0. The molecule has 1 aliphatic heterocycles. The highest BCUT2D eigenvalue weighted by atomic mass is 16.5. The van der Waals surface area contributed by atoms with Crippen molar-refractivity contribution in [2.24, 2.45) is 0 Å². The molecule has 1 atom stereocenters. The van der Waals surface area contributed by atoms with Gasteiger partial charge < -0.3 is 19.0 Å². The van der Waals surface area contributed by atoms with Crippen molar-refractivity contribution in [1.29, 1.82) is 0 Å². The number of benzene rings is 2. The third-order valence-electron chi connectivity index (χ3n) is 6.45. The number of nitrogens with zero attached hydrogens (tertiary/aromatic N) is 1. The van der Waals surface area contributed by atoms with Crippen molar-refractivity contribution in [3.8, 4) is 5.75 Å². The van der Waals surface area contributed by atoms with Crippen LogP contribution in [0.25, 0.3) is 11.0 Å². The number of rotatable bonds is 10. The molecule has 0 saturated carbocycles. The standard InChI is InChI=1S/C27H32N2O4/c1-4-17-32-20-12-9-11-19(18-20)24-23-25(30)21-13-7-8-14-22(21)33-26(23)27(31)29(24)16-10-15-28(5-2)6-3/h7-9,11-14,18,24H,4-6,10,15-17H2,1-3H3/p+1/t24-/m0/s1. The van der Waals surface area contributed by atoms with Gasteiger partial charge in [-0.1, -0.05) is 31.2 Å². The van der Waals surface area contributed by atoms with E-state index in [9.17, 15) is 9.59 Å². The molecular formula is C27H33N2O4+. The Bertz CT molecular complexity index is 1180. The van der Waals surface area contributed by atoms with Gasteiger partial charge in [0.25, 0.3) is 5.91 Å². The Kier molecular flexibility index (Phi) is 7.14. The molecule has 2 heterocycles. The largest absolute Gasteiger partial charge is 0.494 e. The fraction of sp³-hybridized carbons (Fsp3) is 0.407. The van der Waals surface area contributed by atoms with Gasteiger partial charge in [-0.2, -0.15) is 0 Å². The fourth-order valence-corrected chi connectivity index (χ4v) is 4.64. The van der Waals surface area contributed by atoms with Gasteiger partial charge in [-0.25, -0.2) is 0 Å². The van der Waals surface area contributed by atoms with E-state index in [-0.39, 0.29) is 17.1 Å². The number of para-hydroxylation sites is 1. The van der Waals surface area contributed by atoms with E-state index in [2.05, 4.69) is 20.8 Å². The SMILES string of the molecule is CCCOc1cccc([C@H]2c3c(oc4ccccc4c3=O)C(=O)N2CCC[NH+](CC)CC)c1. The molecule has 3 aromatic rings. The molecule has 0 radical (unpaired) electrons. The summed E-state index contributed by atoms with van der Waals surface area (Å²) in [5.74, 6) is 0.694. The molecular weight excluding hydrogens is 416 g/mol. The number of ether oxygens (including phenoxy) is 1. The minimum absolute atomic E-state index is 0.137. The molecule has 6 nitrogen and oxygen atoms in total.